The topological polar surface area (TPSA) is 27.7 Å². The molecule has 0 bridgehead atoms. The Bertz CT molecular complexity index is 428. The number of methoxy groups -OCH3 is 1. The van der Waals surface area contributed by atoms with Gasteiger partial charge in [0.15, 0.2) is 0 Å². The number of nitrogens with zero attached hydrogens (tertiary/aromatic N) is 2. The number of hydrogen-bond acceptors (Lipinski definition) is 4. The second-order valence-corrected chi connectivity index (χ2v) is 5.94. The van der Waals surface area contributed by atoms with E-state index in [0.717, 1.165) is 38.3 Å². The first kappa shape index (κ1) is 22.5. The van der Waals surface area contributed by atoms with Gasteiger partial charge in [0.2, 0.25) is 0 Å². The zero-order valence-corrected chi connectivity index (χ0v) is 16.1. The maximum Gasteiger partial charge on any atom is 0.122 e. The Balaban J connectivity index is 0.00000242. The molecular formula is C17H31Cl2N3O. The van der Waals surface area contributed by atoms with E-state index >= 15 is 0 Å². The fourth-order valence-corrected chi connectivity index (χ4v) is 2.80. The number of hydrogen-bond donors (Lipinski definition) is 1. The summed E-state index contributed by atoms with van der Waals surface area (Å²) >= 11 is 0. The third kappa shape index (κ3) is 7.27. The third-order valence-corrected chi connectivity index (χ3v) is 4.44. The standard InChI is InChI=1S/C17H29N3O.2ClH/c1-15(14-16-6-4-5-7-17(16)21-3)19(2)12-13-20-10-8-18-9-11-20;;/h4-7,15,18H,8-14H2,1-3H3;2*1H. The van der Waals surface area contributed by atoms with Crippen molar-refractivity contribution in [2.75, 3.05) is 53.4 Å². The van der Waals surface area contributed by atoms with Crippen LogP contribution < -0.4 is 10.1 Å². The molecule has 1 aliphatic rings. The number of rotatable bonds is 7. The number of ether oxygens (including phenoxy) is 1. The third-order valence-electron chi connectivity index (χ3n) is 4.44. The van der Waals surface area contributed by atoms with Gasteiger partial charge in [0.25, 0.3) is 0 Å². The van der Waals surface area contributed by atoms with Crippen LogP contribution in [0.25, 0.3) is 0 Å². The van der Waals surface area contributed by atoms with Crippen molar-refractivity contribution in [3.63, 3.8) is 0 Å². The normalized spacial score (nSPS) is 16.3. The Morgan fingerprint density at radius 3 is 2.52 bits per heavy atom. The maximum absolute atomic E-state index is 5.45. The Hall–Kier alpha value is -0.520. The predicted molar refractivity (Wildman–Crippen MR) is 103 cm³/mol. The van der Waals surface area contributed by atoms with Crippen LogP contribution in [0.1, 0.15) is 12.5 Å². The molecule has 4 nitrogen and oxygen atoms in total. The summed E-state index contributed by atoms with van der Waals surface area (Å²) in [5.41, 5.74) is 1.29. The first-order chi connectivity index (χ1) is 10.2. The fourth-order valence-electron chi connectivity index (χ4n) is 2.80. The molecule has 0 spiro atoms. The van der Waals surface area contributed by atoms with E-state index in [2.05, 4.69) is 41.2 Å². The molecule has 2 rings (SSSR count). The molecule has 134 valence electrons. The van der Waals surface area contributed by atoms with E-state index < -0.39 is 0 Å². The molecule has 1 heterocycles. The largest absolute Gasteiger partial charge is 0.496 e. The predicted octanol–water partition coefficient (Wildman–Crippen LogP) is 2.31. The van der Waals surface area contributed by atoms with Crippen molar-refractivity contribution in [1.29, 1.82) is 0 Å². The number of para-hydroxylation sites is 1. The van der Waals surface area contributed by atoms with Crippen molar-refractivity contribution < 1.29 is 4.74 Å². The van der Waals surface area contributed by atoms with Crippen molar-refractivity contribution >= 4 is 24.8 Å². The van der Waals surface area contributed by atoms with Gasteiger partial charge < -0.3 is 15.0 Å². The van der Waals surface area contributed by atoms with E-state index in [1.54, 1.807) is 7.11 Å². The summed E-state index contributed by atoms with van der Waals surface area (Å²) in [5, 5.41) is 3.40. The number of benzene rings is 1. The van der Waals surface area contributed by atoms with Crippen LogP contribution in [0, 0.1) is 0 Å². The minimum atomic E-state index is 0. The molecule has 0 saturated carbocycles. The van der Waals surface area contributed by atoms with Gasteiger partial charge in [-0.25, -0.2) is 0 Å². The molecule has 23 heavy (non-hydrogen) atoms. The monoisotopic (exact) mass is 363 g/mol. The molecule has 0 aromatic heterocycles. The molecule has 1 fully saturated rings. The lowest BCUT2D eigenvalue weighted by atomic mass is 10.1. The molecule has 1 aliphatic heterocycles. The Morgan fingerprint density at radius 2 is 1.87 bits per heavy atom. The van der Waals surface area contributed by atoms with Gasteiger partial charge in [-0.3, -0.25) is 4.90 Å². The molecule has 1 N–H and O–H groups in total. The fraction of sp³-hybridized carbons (Fsp3) is 0.647. The lowest BCUT2D eigenvalue weighted by Gasteiger charge is -2.31. The second kappa shape index (κ2) is 11.9. The van der Waals surface area contributed by atoms with Crippen LogP contribution in [0.15, 0.2) is 24.3 Å². The average Bonchev–Trinajstić information content (AvgIpc) is 2.54. The van der Waals surface area contributed by atoms with Gasteiger partial charge in [0.1, 0.15) is 5.75 Å². The summed E-state index contributed by atoms with van der Waals surface area (Å²) in [7, 11) is 3.97. The summed E-state index contributed by atoms with van der Waals surface area (Å²) in [4.78, 5) is 5.00. The molecule has 1 aromatic rings. The minimum absolute atomic E-state index is 0. The summed E-state index contributed by atoms with van der Waals surface area (Å²) in [5.74, 6) is 1.000. The zero-order valence-electron chi connectivity index (χ0n) is 14.5. The lowest BCUT2D eigenvalue weighted by molar-refractivity contribution is 0.181. The van der Waals surface area contributed by atoms with E-state index in [-0.39, 0.29) is 24.8 Å². The van der Waals surface area contributed by atoms with Crippen molar-refractivity contribution in [3.05, 3.63) is 29.8 Å². The van der Waals surface area contributed by atoms with Crippen LogP contribution in [0.4, 0.5) is 0 Å². The highest BCUT2D eigenvalue weighted by Gasteiger charge is 2.15. The van der Waals surface area contributed by atoms with Crippen LogP contribution >= 0.6 is 24.8 Å². The lowest BCUT2D eigenvalue weighted by Crippen LogP contribution is -2.46. The van der Waals surface area contributed by atoms with Gasteiger partial charge >= 0.3 is 0 Å². The van der Waals surface area contributed by atoms with Crippen LogP contribution in [0.2, 0.25) is 0 Å². The van der Waals surface area contributed by atoms with E-state index in [1.807, 2.05) is 12.1 Å². The SMILES string of the molecule is COc1ccccc1CC(C)N(C)CCN1CCNCC1.Cl.Cl. The highest BCUT2D eigenvalue weighted by molar-refractivity contribution is 5.85. The average molecular weight is 364 g/mol. The van der Waals surface area contributed by atoms with Crippen LogP contribution in [-0.4, -0.2) is 69.3 Å². The Kier molecular flexibility index (Phi) is 11.7. The molecule has 1 saturated heterocycles. The van der Waals surface area contributed by atoms with Gasteiger partial charge in [-0.05, 0) is 32.0 Å². The highest BCUT2D eigenvalue weighted by atomic mass is 35.5. The van der Waals surface area contributed by atoms with Gasteiger partial charge in [-0.2, -0.15) is 0 Å². The molecule has 0 aliphatic carbocycles. The first-order valence-electron chi connectivity index (χ1n) is 7.96. The van der Waals surface area contributed by atoms with Gasteiger partial charge in [0, 0.05) is 45.3 Å². The second-order valence-electron chi connectivity index (χ2n) is 5.94. The van der Waals surface area contributed by atoms with E-state index in [9.17, 15) is 0 Å². The van der Waals surface area contributed by atoms with Crippen molar-refractivity contribution in [1.82, 2.24) is 15.1 Å². The smallest absolute Gasteiger partial charge is 0.122 e. The summed E-state index contributed by atoms with van der Waals surface area (Å²) in [6, 6.07) is 8.85. The molecule has 1 aromatic carbocycles. The van der Waals surface area contributed by atoms with Crippen LogP contribution in [0.3, 0.4) is 0 Å². The number of likely N-dealkylation sites (N-methyl/N-ethyl adjacent to an activating group) is 1. The van der Waals surface area contributed by atoms with Crippen LogP contribution in [0.5, 0.6) is 5.75 Å². The van der Waals surface area contributed by atoms with Crippen LogP contribution in [-0.2, 0) is 6.42 Å². The van der Waals surface area contributed by atoms with E-state index in [1.165, 1.54) is 18.7 Å². The molecule has 0 radical (unpaired) electrons. The summed E-state index contributed by atoms with van der Waals surface area (Å²) < 4.78 is 5.45. The number of halogens is 2. The molecule has 1 unspecified atom stereocenters. The summed E-state index contributed by atoms with van der Waals surface area (Å²) in [6.07, 6.45) is 1.03. The maximum atomic E-state index is 5.45. The highest BCUT2D eigenvalue weighted by Crippen LogP contribution is 2.20. The zero-order chi connectivity index (χ0) is 15.1. The van der Waals surface area contributed by atoms with Crippen molar-refractivity contribution in [2.45, 2.75) is 19.4 Å². The quantitative estimate of drug-likeness (QED) is 0.804. The van der Waals surface area contributed by atoms with Gasteiger partial charge in [-0.1, -0.05) is 18.2 Å². The Labute approximate surface area is 153 Å². The summed E-state index contributed by atoms with van der Waals surface area (Å²) in [6.45, 7) is 9.18. The number of nitrogens with one attached hydrogen (secondary N) is 1. The molecular weight excluding hydrogens is 333 g/mol. The Morgan fingerprint density at radius 1 is 1.22 bits per heavy atom. The van der Waals surface area contributed by atoms with Crippen molar-refractivity contribution in [3.8, 4) is 5.75 Å². The van der Waals surface area contributed by atoms with E-state index in [4.69, 9.17) is 4.74 Å². The molecule has 6 heteroatoms. The molecule has 0 amide bonds. The molecule has 1 atom stereocenters. The number of piperazine rings is 1. The van der Waals surface area contributed by atoms with Crippen molar-refractivity contribution in [2.24, 2.45) is 0 Å². The van der Waals surface area contributed by atoms with Gasteiger partial charge in [-0.15, -0.1) is 24.8 Å². The van der Waals surface area contributed by atoms with E-state index in [0.29, 0.717) is 6.04 Å². The first-order valence-corrected chi connectivity index (χ1v) is 7.96. The van der Waals surface area contributed by atoms with Gasteiger partial charge in [0.05, 0.1) is 7.11 Å². The minimum Gasteiger partial charge on any atom is -0.496 e.